The van der Waals surface area contributed by atoms with Crippen molar-refractivity contribution in [2.75, 3.05) is 13.7 Å². The van der Waals surface area contributed by atoms with Gasteiger partial charge in [-0.1, -0.05) is 76.4 Å². The van der Waals surface area contributed by atoms with E-state index in [1.807, 2.05) is 75.4 Å². The summed E-state index contributed by atoms with van der Waals surface area (Å²) < 4.78 is 12.2. The van der Waals surface area contributed by atoms with Gasteiger partial charge < -0.3 is 30.1 Å². The molecule has 3 N–H and O–H groups in total. The molecular formula is C41H50N4O7. The molecular weight excluding hydrogens is 660 g/mol. The number of carbonyl (C=O) groups excluding carboxylic acids is 3. The number of carboxylic acid groups (broad SMARTS) is 1. The molecule has 11 nitrogen and oxygen atoms in total. The molecule has 1 aromatic heterocycles. The zero-order valence-corrected chi connectivity index (χ0v) is 30.5. The minimum atomic E-state index is -1.48. The molecule has 2 aliphatic carbocycles. The Hall–Kier alpha value is -4.93. The predicted octanol–water partition coefficient (Wildman–Crippen LogP) is 5.91. The number of fused-ring (bicyclic) bond motifs is 1. The van der Waals surface area contributed by atoms with Crippen molar-refractivity contribution in [2.45, 2.75) is 95.9 Å². The second-order valence-electron chi connectivity index (χ2n) is 15.6. The van der Waals surface area contributed by atoms with E-state index < -0.39 is 52.8 Å². The van der Waals surface area contributed by atoms with E-state index in [1.54, 1.807) is 7.11 Å². The summed E-state index contributed by atoms with van der Waals surface area (Å²) in [5, 5.41) is 16.6. The molecule has 1 aliphatic heterocycles. The number of rotatable bonds is 12. The first-order chi connectivity index (χ1) is 24.8. The van der Waals surface area contributed by atoms with Gasteiger partial charge in [0.15, 0.2) is 0 Å². The number of nitrogens with one attached hydrogen (secondary N) is 2. The lowest BCUT2D eigenvalue weighted by Crippen LogP contribution is -2.59. The summed E-state index contributed by atoms with van der Waals surface area (Å²) in [6.07, 6.45) is 6.94. The molecule has 0 bridgehead atoms. The molecule has 52 heavy (non-hydrogen) atoms. The first-order valence-electron chi connectivity index (χ1n) is 18.3. The fourth-order valence-corrected chi connectivity index (χ4v) is 7.72. The quantitative estimate of drug-likeness (QED) is 0.197. The van der Waals surface area contributed by atoms with Crippen molar-refractivity contribution < 1.29 is 33.8 Å². The van der Waals surface area contributed by atoms with Crippen molar-refractivity contribution in [3.05, 3.63) is 67.3 Å². The Bertz CT molecular complexity index is 1830. The summed E-state index contributed by atoms with van der Waals surface area (Å²) in [5.41, 5.74) is 0.0517. The SMILES string of the molecule is C=C[C@H]1CC1(NC(=O)[C@@H]1C[C@@H](Oc2cc(-c3ccccc3)nc3cc(OC)ccc23)CN1C(=O)[C@@H](NC(=O)CC1CCCCC1)C(C)(C)C)C(=O)O. The lowest BCUT2D eigenvalue weighted by molar-refractivity contribution is -0.147. The van der Waals surface area contributed by atoms with Crippen molar-refractivity contribution in [3.63, 3.8) is 0 Å². The van der Waals surface area contributed by atoms with E-state index in [0.29, 0.717) is 29.1 Å². The second kappa shape index (κ2) is 15.0. The van der Waals surface area contributed by atoms with Gasteiger partial charge in [0.25, 0.3) is 0 Å². The van der Waals surface area contributed by atoms with Crippen molar-refractivity contribution in [1.29, 1.82) is 0 Å². The smallest absolute Gasteiger partial charge is 0.330 e. The van der Waals surface area contributed by atoms with Crippen molar-refractivity contribution in [3.8, 4) is 22.8 Å². The van der Waals surface area contributed by atoms with Gasteiger partial charge >= 0.3 is 5.97 Å². The number of likely N-dealkylation sites (tertiary alicyclic amines) is 1. The lowest BCUT2D eigenvalue weighted by Gasteiger charge is -2.36. The van der Waals surface area contributed by atoms with E-state index in [9.17, 15) is 24.3 Å². The van der Waals surface area contributed by atoms with E-state index in [1.165, 1.54) is 17.4 Å². The average Bonchev–Trinajstić information content (AvgIpc) is 3.69. The van der Waals surface area contributed by atoms with Gasteiger partial charge in [0.1, 0.15) is 35.2 Å². The van der Waals surface area contributed by atoms with E-state index in [-0.39, 0.29) is 31.2 Å². The fourth-order valence-electron chi connectivity index (χ4n) is 7.72. The molecule has 0 spiro atoms. The summed E-state index contributed by atoms with van der Waals surface area (Å²) in [5.74, 6) is -1.31. The predicted molar refractivity (Wildman–Crippen MR) is 198 cm³/mol. The number of pyridine rings is 1. The Balaban J connectivity index is 1.31. The number of aromatic nitrogens is 1. The number of hydrogen-bond donors (Lipinski definition) is 3. The highest BCUT2D eigenvalue weighted by molar-refractivity contribution is 5.97. The van der Waals surface area contributed by atoms with Crippen LogP contribution < -0.4 is 20.1 Å². The number of ether oxygens (including phenoxy) is 2. The minimum absolute atomic E-state index is 0.0492. The monoisotopic (exact) mass is 710 g/mol. The molecule has 2 heterocycles. The van der Waals surface area contributed by atoms with Crippen LogP contribution in [0, 0.1) is 17.3 Å². The Kier molecular flexibility index (Phi) is 10.6. The van der Waals surface area contributed by atoms with Crippen LogP contribution in [0.4, 0.5) is 0 Å². The van der Waals surface area contributed by atoms with Crippen LogP contribution in [-0.4, -0.2) is 76.1 Å². The fraction of sp³-hybridized carbons (Fsp3) is 0.488. The van der Waals surface area contributed by atoms with Crippen molar-refractivity contribution in [2.24, 2.45) is 17.3 Å². The number of aliphatic carboxylic acids is 1. The number of carbonyl (C=O) groups is 4. The zero-order valence-electron chi connectivity index (χ0n) is 30.5. The van der Waals surface area contributed by atoms with Crippen LogP contribution in [0.5, 0.6) is 11.5 Å². The average molecular weight is 711 g/mol. The normalized spacial score (nSPS) is 23.8. The number of benzene rings is 2. The molecule has 6 rings (SSSR count). The van der Waals surface area contributed by atoms with Gasteiger partial charge in [-0.25, -0.2) is 9.78 Å². The number of nitrogens with zero attached hydrogens (tertiary/aromatic N) is 2. The van der Waals surface area contributed by atoms with Crippen LogP contribution in [0.3, 0.4) is 0 Å². The molecule has 3 aliphatic rings. The summed E-state index contributed by atoms with van der Waals surface area (Å²) in [7, 11) is 1.59. The Morgan fingerprint density at radius 2 is 1.81 bits per heavy atom. The maximum atomic E-state index is 14.6. The molecule has 1 unspecified atom stereocenters. The summed E-state index contributed by atoms with van der Waals surface area (Å²) >= 11 is 0. The zero-order chi connectivity index (χ0) is 37.2. The molecule has 1 saturated heterocycles. The Morgan fingerprint density at radius 1 is 1.08 bits per heavy atom. The van der Waals surface area contributed by atoms with Crippen LogP contribution >= 0.6 is 0 Å². The van der Waals surface area contributed by atoms with Crippen LogP contribution in [-0.2, 0) is 19.2 Å². The van der Waals surface area contributed by atoms with Gasteiger partial charge in [-0.15, -0.1) is 6.58 Å². The summed E-state index contributed by atoms with van der Waals surface area (Å²) in [6, 6.07) is 15.1. The highest BCUT2D eigenvalue weighted by Gasteiger charge is 2.61. The van der Waals surface area contributed by atoms with Gasteiger partial charge in [-0.3, -0.25) is 14.4 Å². The molecule has 0 radical (unpaired) electrons. The third-order valence-corrected chi connectivity index (χ3v) is 10.8. The number of carboxylic acids is 1. The van der Waals surface area contributed by atoms with Crippen LogP contribution in [0.15, 0.2) is 67.3 Å². The molecule has 3 fully saturated rings. The van der Waals surface area contributed by atoms with Crippen LogP contribution in [0.25, 0.3) is 22.2 Å². The topological polar surface area (TPSA) is 147 Å². The molecule has 3 amide bonds. The third-order valence-electron chi connectivity index (χ3n) is 10.8. The van der Waals surface area contributed by atoms with E-state index >= 15 is 0 Å². The minimum Gasteiger partial charge on any atom is -0.497 e. The van der Waals surface area contributed by atoms with Gasteiger partial charge in [0, 0.05) is 41.8 Å². The first kappa shape index (κ1) is 36.8. The molecule has 5 atom stereocenters. The standard InChI is InChI=1S/C41H50N4O7/c1-6-27-23-41(27,39(49)50)44-37(47)33-21-29(24-45(33)38(48)36(40(2,3)4)43-35(46)19-25-13-9-7-10-14-25)52-34-22-31(26-15-11-8-12-16-26)42-32-20-28(51-5)17-18-30(32)34/h6,8,11-12,15-18,20,22,25,27,29,33,36H,1,7,9-10,13-14,19,21,23-24H2,2-5H3,(H,43,46)(H,44,47)(H,49,50)/t27-,29+,33-,36+,41?/m0/s1. The number of amides is 3. The molecule has 11 heteroatoms. The number of methoxy groups -OCH3 is 1. The van der Waals surface area contributed by atoms with E-state index in [4.69, 9.17) is 14.5 Å². The largest absolute Gasteiger partial charge is 0.497 e. The lowest BCUT2D eigenvalue weighted by atomic mass is 9.84. The van der Waals surface area contributed by atoms with Gasteiger partial charge in [-0.05, 0) is 42.7 Å². The maximum Gasteiger partial charge on any atom is 0.330 e. The van der Waals surface area contributed by atoms with Gasteiger partial charge in [-0.2, -0.15) is 0 Å². The second-order valence-corrected chi connectivity index (χ2v) is 15.6. The Morgan fingerprint density at radius 3 is 2.44 bits per heavy atom. The van der Waals surface area contributed by atoms with Crippen molar-refractivity contribution >= 4 is 34.6 Å². The maximum absolute atomic E-state index is 14.6. The molecule has 2 saturated carbocycles. The summed E-state index contributed by atoms with van der Waals surface area (Å²) in [4.78, 5) is 60.8. The summed E-state index contributed by atoms with van der Waals surface area (Å²) in [6.45, 7) is 9.44. The Labute approximate surface area is 305 Å². The third kappa shape index (κ3) is 7.78. The van der Waals surface area contributed by atoms with Crippen LogP contribution in [0.2, 0.25) is 0 Å². The highest BCUT2D eigenvalue weighted by Crippen LogP contribution is 2.45. The molecule has 3 aromatic rings. The first-order valence-corrected chi connectivity index (χ1v) is 18.3. The molecule has 2 aromatic carbocycles. The number of hydrogen-bond acceptors (Lipinski definition) is 7. The molecule has 276 valence electrons. The van der Waals surface area contributed by atoms with Gasteiger partial charge in [0.05, 0.1) is 24.9 Å². The van der Waals surface area contributed by atoms with Crippen LogP contribution in [0.1, 0.15) is 72.1 Å². The van der Waals surface area contributed by atoms with E-state index in [0.717, 1.165) is 36.6 Å². The van der Waals surface area contributed by atoms with E-state index in [2.05, 4.69) is 17.2 Å². The van der Waals surface area contributed by atoms with Gasteiger partial charge in [0.2, 0.25) is 17.7 Å². The highest BCUT2D eigenvalue weighted by atomic mass is 16.5. The van der Waals surface area contributed by atoms with Crippen molar-refractivity contribution in [1.82, 2.24) is 20.5 Å².